The van der Waals surface area contributed by atoms with Crippen LogP contribution in [0.3, 0.4) is 0 Å². The fourth-order valence-corrected chi connectivity index (χ4v) is 1.06. The van der Waals surface area contributed by atoms with Crippen LogP contribution in [0.4, 0.5) is 0 Å². The fourth-order valence-electron chi connectivity index (χ4n) is 1.06. The molecule has 1 atom stereocenters. The second kappa shape index (κ2) is 2.48. The molecule has 0 amide bonds. The molecule has 12 heavy (non-hydrogen) atoms. The first-order valence-electron chi connectivity index (χ1n) is 3.68. The summed E-state index contributed by atoms with van der Waals surface area (Å²) in [6.07, 6.45) is 3.18. The van der Waals surface area contributed by atoms with Gasteiger partial charge in [-0.2, -0.15) is 5.11 Å². The van der Waals surface area contributed by atoms with Gasteiger partial charge in [-0.25, -0.2) is 4.99 Å². The molecule has 0 spiro atoms. The first-order valence-corrected chi connectivity index (χ1v) is 3.68. The maximum Gasteiger partial charge on any atom is 0.211 e. The Morgan fingerprint density at radius 1 is 1.33 bits per heavy atom. The van der Waals surface area contributed by atoms with E-state index < -0.39 is 5.66 Å². The van der Waals surface area contributed by atoms with E-state index in [1.165, 1.54) is 6.34 Å². The van der Waals surface area contributed by atoms with Crippen molar-refractivity contribution in [3.05, 3.63) is 30.1 Å². The van der Waals surface area contributed by atoms with Crippen LogP contribution in [-0.2, 0) is 5.66 Å². The summed E-state index contributed by atoms with van der Waals surface area (Å²) in [5.74, 6) is 0. The SMILES string of the molecule is CC1(c2ccccn2)N=CN=N1. The summed E-state index contributed by atoms with van der Waals surface area (Å²) in [6.45, 7) is 1.88. The number of aliphatic imine (C=N–C) groups is 1. The van der Waals surface area contributed by atoms with E-state index in [0.29, 0.717) is 0 Å². The summed E-state index contributed by atoms with van der Waals surface area (Å²) >= 11 is 0. The highest BCUT2D eigenvalue weighted by atomic mass is 15.3. The van der Waals surface area contributed by atoms with Crippen molar-refractivity contribution in [2.45, 2.75) is 12.6 Å². The molecule has 0 fully saturated rings. The van der Waals surface area contributed by atoms with Gasteiger partial charge in [-0.3, -0.25) is 4.98 Å². The van der Waals surface area contributed by atoms with E-state index in [-0.39, 0.29) is 0 Å². The Morgan fingerprint density at radius 3 is 2.83 bits per heavy atom. The summed E-state index contributed by atoms with van der Waals surface area (Å²) in [5, 5.41) is 7.68. The van der Waals surface area contributed by atoms with Crippen LogP contribution in [0.2, 0.25) is 0 Å². The molecule has 1 unspecified atom stereocenters. The second-order valence-electron chi connectivity index (χ2n) is 2.70. The van der Waals surface area contributed by atoms with Crippen molar-refractivity contribution in [2.24, 2.45) is 15.2 Å². The molecule has 4 nitrogen and oxygen atoms in total. The van der Waals surface area contributed by atoms with Gasteiger partial charge in [-0.15, -0.1) is 5.11 Å². The zero-order chi connectivity index (χ0) is 8.44. The van der Waals surface area contributed by atoms with Gasteiger partial charge in [0, 0.05) is 6.20 Å². The van der Waals surface area contributed by atoms with Crippen molar-refractivity contribution in [3.8, 4) is 0 Å². The maximum absolute atomic E-state index is 4.16. The van der Waals surface area contributed by atoms with Crippen LogP contribution in [0.15, 0.2) is 39.6 Å². The molecule has 60 valence electrons. The zero-order valence-electron chi connectivity index (χ0n) is 6.68. The highest BCUT2D eigenvalue weighted by Gasteiger charge is 2.28. The zero-order valence-corrected chi connectivity index (χ0v) is 6.68. The Morgan fingerprint density at radius 2 is 2.25 bits per heavy atom. The number of hydrogen-bond donors (Lipinski definition) is 0. The molecule has 1 aliphatic heterocycles. The minimum absolute atomic E-state index is 0.596. The molecule has 4 heteroatoms. The van der Waals surface area contributed by atoms with Crippen molar-refractivity contribution in [2.75, 3.05) is 0 Å². The quantitative estimate of drug-likeness (QED) is 0.617. The molecule has 0 saturated heterocycles. The summed E-state index contributed by atoms with van der Waals surface area (Å²) in [7, 11) is 0. The number of rotatable bonds is 1. The summed E-state index contributed by atoms with van der Waals surface area (Å²) in [4.78, 5) is 8.28. The van der Waals surface area contributed by atoms with E-state index in [4.69, 9.17) is 0 Å². The van der Waals surface area contributed by atoms with E-state index in [9.17, 15) is 0 Å². The van der Waals surface area contributed by atoms with Crippen molar-refractivity contribution >= 4 is 6.34 Å². The lowest BCUT2D eigenvalue weighted by atomic mass is 10.1. The van der Waals surface area contributed by atoms with Crippen LogP contribution in [0.25, 0.3) is 0 Å². The van der Waals surface area contributed by atoms with Crippen molar-refractivity contribution in [1.29, 1.82) is 0 Å². The first kappa shape index (κ1) is 7.09. The van der Waals surface area contributed by atoms with Gasteiger partial charge in [0.15, 0.2) is 0 Å². The highest BCUT2D eigenvalue weighted by molar-refractivity contribution is 5.57. The Balaban J connectivity index is 2.43. The number of aromatic nitrogens is 1. The monoisotopic (exact) mass is 160 g/mol. The fraction of sp³-hybridized carbons (Fsp3) is 0.250. The van der Waals surface area contributed by atoms with Gasteiger partial charge in [0.2, 0.25) is 5.66 Å². The molecular formula is C8H8N4. The van der Waals surface area contributed by atoms with Crippen LogP contribution in [0.5, 0.6) is 0 Å². The van der Waals surface area contributed by atoms with Gasteiger partial charge < -0.3 is 0 Å². The molecule has 0 bridgehead atoms. The third kappa shape index (κ3) is 1.01. The van der Waals surface area contributed by atoms with E-state index in [1.54, 1.807) is 6.20 Å². The average Bonchev–Trinajstić information content (AvgIpc) is 2.55. The number of pyridine rings is 1. The number of nitrogens with zero attached hydrogens (tertiary/aromatic N) is 4. The van der Waals surface area contributed by atoms with Crippen molar-refractivity contribution in [3.63, 3.8) is 0 Å². The van der Waals surface area contributed by atoms with Crippen LogP contribution >= 0.6 is 0 Å². The molecule has 0 radical (unpaired) electrons. The Bertz CT molecular complexity index is 316. The van der Waals surface area contributed by atoms with Crippen LogP contribution in [0, 0.1) is 0 Å². The third-order valence-corrected chi connectivity index (χ3v) is 1.76. The Hall–Kier alpha value is -1.58. The summed E-state index contributed by atoms with van der Waals surface area (Å²) in [5.41, 5.74) is 0.226. The topological polar surface area (TPSA) is 50.0 Å². The van der Waals surface area contributed by atoms with Crippen LogP contribution in [0.1, 0.15) is 12.6 Å². The second-order valence-corrected chi connectivity index (χ2v) is 2.70. The molecule has 1 aromatic rings. The standard InChI is InChI=1S/C8H8N4/c1-8(10-6-11-12-8)7-4-2-3-5-9-7/h2-6H,1H3. The van der Waals surface area contributed by atoms with Gasteiger partial charge in [0.1, 0.15) is 6.34 Å². The highest BCUT2D eigenvalue weighted by Crippen LogP contribution is 2.27. The van der Waals surface area contributed by atoms with E-state index in [2.05, 4.69) is 20.2 Å². The lowest BCUT2D eigenvalue weighted by Gasteiger charge is -2.13. The number of azo groups is 1. The van der Waals surface area contributed by atoms with E-state index in [0.717, 1.165) is 5.69 Å². The molecule has 0 N–H and O–H groups in total. The van der Waals surface area contributed by atoms with Crippen LogP contribution < -0.4 is 0 Å². The first-order chi connectivity index (χ1) is 5.81. The lowest BCUT2D eigenvalue weighted by molar-refractivity contribution is 0.508. The van der Waals surface area contributed by atoms with E-state index in [1.807, 2.05) is 25.1 Å². The summed E-state index contributed by atoms with van der Waals surface area (Å²) < 4.78 is 0. The molecule has 2 rings (SSSR count). The normalized spacial score (nSPS) is 26.4. The maximum atomic E-state index is 4.16. The minimum Gasteiger partial charge on any atom is -0.257 e. The molecule has 0 aliphatic carbocycles. The van der Waals surface area contributed by atoms with Gasteiger partial charge in [0.25, 0.3) is 0 Å². The van der Waals surface area contributed by atoms with E-state index >= 15 is 0 Å². The predicted octanol–water partition coefficient (Wildman–Crippen LogP) is 1.75. The molecule has 1 aromatic heterocycles. The average molecular weight is 160 g/mol. The molecular weight excluding hydrogens is 152 g/mol. The molecule has 2 heterocycles. The smallest absolute Gasteiger partial charge is 0.211 e. The van der Waals surface area contributed by atoms with Gasteiger partial charge in [-0.1, -0.05) is 6.07 Å². The predicted molar refractivity (Wildman–Crippen MR) is 44.9 cm³/mol. The van der Waals surface area contributed by atoms with Crippen molar-refractivity contribution < 1.29 is 0 Å². The number of hydrogen-bond acceptors (Lipinski definition) is 4. The minimum atomic E-state index is -0.596. The Kier molecular flexibility index (Phi) is 1.46. The third-order valence-electron chi connectivity index (χ3n) is 1.76. The molecule has 1 aliphatic rings. The van der Waals surface area contributed by atoms with Gasteiger partial charge in [-0.05, 0) is 19.1 Å². The Labute approximate surface area is 70.1 Å². The van der Waals surface area contributed by atoms with Gasteiger partial charge in [0.05, 0.1) is 5.69 Å². The van der Waals surface area contributed by atoms with Gasteiger partial charge >= 0.3 is 0 Å². The molecule has 0 aromatic carbocycles. The molecule has 0 saturated carbocycles. The largest absolute Gasteiger partial charge is 0.257 e. The van der Waals surface area contributed by atoms with Crippen LogP contribution in [-0.4, -0.2) is 11.3 Å². The lowest BCUT2D eigenvalue weighted by Crippen LogP contribution is -2.14. The summed E-state index contributed by atoms with van der Waals surface area (Å²) in [6, 6.07) is 5.67. The van der Waals surface area contributed by atoms with Crippen molar-refractivity contribution in [1.82, 2.24) is 4.98 Å².